The van der Waals surface area contributed by atoms with Gasteiger partial charge in [0.05, 0.1) is 17.7 Å². The van der Waals surface area contributed by atoms with Gasteiger partial charge in [0.25, 0.3) is 5.91 Å². The molecule has 4 rings (SSSR count). The number of aryl methyl sites for hydroxylation is 2. The average Bonchev–Trinajstić information content (AvgIpc) is 2.99. The average molecular weight is 380 g/mol. The summed E-state index contributed by atoms with van der Waals surface area (Å²) in [5, 5.41) is 5.91. The van der Waals surface area contributed by atoms with Crippen molar-refractivity contribution in [2.75, 3.05) is 12.4 Å². The molecule has 136 valence electrons. The van der Waals surface area contributed by atoms with E-state index in [4.69, 9.17) is 20.8 Å². The number of rotatable bonds is 3. The molecule has 0 saturated heterocycles. The van der Waals surface area contributed by atoms with Crippen molar-refractivity contribution in [1.82, 2.24) is 0 Å². The molecule has 0 aliphatic rings. The van der Waals surface area contributed by atoms with Crippen LogP contribution in [0.25, 0.3) is 21.7 Å². The highest BCUT2D eigenvalue weighted by atomic mass is 35.5. The van der Waals surface area contributed by atoms with Crippen molar-refractivity contribution in [2.45, 2.75) is 13.8 Å². The van der Waals surface area contributed by atoms with Crippen LogP contribution in [0.5, 0.6) is 5.75 Å². The number of anilines is 1. The minimum Gasteiger partial charge on any atom is -0.497 e. The zero-order chi connectivity index (χ0) is 19.1. The monoisotopic (exact) mass is 379 g/mol. The van der Waals surface area contributed by atoms with Gasteiger partial charge in [0.15, 0.2) is 0 Å². The molecule has 0 atom stereocenters. The molecule has 0 unspecified atom stereocenters. The first-order valence-corrected chi connectivity index (χ1v) is 8.93. The van der Waals surface area contributed by atoms with Crippen LogP contribution >= 0.6 is 11.6 Å². The Morgan fingerprint density at radius 1 is 1.04 bits per heavy atom. The van der Waals surface area contributed by atoms with Gasteiger partial charge in [-0.2, -0.15) is 0 Å². The molecule has 0 spiro atoms. The second kappa shape index (κ2) is 6.63. The lowest BCUT2D eigenvalue weighted by Crippen LogP contribution is -2.12. The highest BCUT2D eigenvalue weighted by Gasteiger charge is 2.22. The second-order valence-corrected chi connectivity index (χ2v) is 6.90. The van der Waals surface area contributed by atoms with Crippen molar-refractivity contribution in [3.05, 3.63) is 70.4 Å². The Bertz CT molecular complexity index is 1180. The number of methoxy groups -OCH3 is 1. The minimum atomic E-state index is -0.221. The fourth-order valence-electron chi connectivity index (χ4n) is 3.30. The van der Waals surface area contributed by atoms with E-state index in [-0.39, 0.29) is 5.91 Å². The first kappa shape index (κ1) is 17.4. The van der Waals surface area contributed by atoms with E-state index in [1.165, 1.54) is 0 Å². The van der Waals surface area contributed by atoms with Gasteiger partial charge in [0, 0.05) is 22.5 Å². The first-order valence-electron chi connectivity index (χ1n) is 8.55. The smallest absolute Gasteiger partial charge is 0.259 e. The van der Waals surface area contributed by atoms with Gasteiger partial charge in [-0.25, -0.2) is 0 Å². The molecule has 1 heterocycles. The van der Waals surface area contributed by atoms with Crippen molar-refractivity contribution >= 4 is 44.9 Å². The molecule has 27 heavy (non-hydrogen) atoms. The lowest BCUT2D eigenvalue weighted by atomic mass is 10.0. The van der Waals surface area contributed by atoms with Gasteiger partial charge >= 0.3 is 0 Å². The Labute approximate surface area is 161 Å². The summed E-state index contributed by atoms with van der Waals surface area (Å²) < 4.78 is 11.2. The molecule has 0 fully saturated rings. The first-order chi connectivity index (χ1) is 13.0. The molecule has 3 aromatic carbocycles. The number of amides is 1. The highest BCUT2D eigenvalue weighted by molar-refractivity contribution is 6.38. The molecule has 0 radical (unpaired) electrons. The fourth-order valence-corrected chi connectivity index (χ4v) is 3.56. The molecular formula is C22H18ClNO3. The molecule has 5 heteroatoms. The van der Waals surface area contributed by atoms with E-state index in [1.807, 2.05) is 49.4 Å². The summed E-state index contributed by atoms with van der Waals surface area (Å²) in [7, 11) is 1.61. The van der Waals surface area contributed by atoms with Crippen LogP contribution in [0, 0.1) is 13.8 Å². The van der Waals surface area contributed by atoms with Crippen LogP contribution in [0.1, 0.15) is 21.7 Å². The highest BCUT2D eigenvalue weighted by Crippen LogP contribution is 2.38. The number of carbonyl (C=O) groups is 1. The summed E-state index contributed by atoms with van der Waals surface area (Å²) in [6, 6.07) is 15.0. The molecule has 1 aromatic heterocycles. The van der Waals surface area contributed by atoms with Crippen molar-refractivity contribution in [3.63, 3.8) is 0 Å². The number of nitrogens with one attached hydrogen (secondary N) is 1. The predicted molar refractivity (Wildman–Crippen MR) is 109 cm³/mol. The molecule has 0 saturated carbocycles. The summed E-state index contributed by atoms with van der Waals surface area (Å²) >= 11 is 6.42. The third-order valence-corrected chi connectivity index (χ3v) is 4.97. The molecule has 0 bridgehead atoms. The maximum absolute atomic E-state index is 13.0. The van der Waals surface area contributed by atoms with Crippen LogP contribution in [-0.4, -0.2) is 13.0 Å². The number of halogens is 1. The van der Waals surface area contributed by atoms with E-state index in [9.17, 15) is 4.79 Å². The van der Waals surface area contributed by atoms with Crippen molar-refractivity contribution in [1.29, 1.82) is 0 Å². The lowest BCUT2D eigenvalue weighted by Gasteiger charge is -2.08. The van der Waals surface area contributed by atoms with Gasteiger partial charge in [-0.05, 0) is 49.6 Å². The van der Waals surface area contributed by atoms with Crippen LogP contribution < -0.4 is 10.1 Å². The van der Waals surface area contributed by atoms with Crippen molar-refractivity contribution < 1.29 is 13.9 Å². The van der Waals surface area contributed by atoms with Gasteiger partial charge in [0.1, 0.15) is 17.1 Å². The van der Waals surface area contributed by atoms with Gasteiger partial charge in [-0.1, -0.05) is 29.3 Å². The third-order valence-electron chi connectivity index (χ3n) is 4.66. The Kier molecular flexibility index (Phi) is 4.28. The normalized spacial score (nSPS) is 11.1. The fraction of sp³-hybridized carbons (Fsp3) is 0.136. The molecule has 4 nitrogen and oxygen atoms in total. The second-order valence-electron chi connectivity index (χ2n) is 6.50. The standard InChI is InChI=1S/C22H18ClNO3/c1-12-4-6-14(7-5-12)24-22(25)20-13(2)27-19-11-18(23)16-9-8-15(26-3)10-17(16)21(19)20/h4-11H,1-3H3,(H,24,25). The molecule has 0 aliphatic heterocycles. The van der Waals surface area contributed by atoms with E-state index in [0.717, 1.165) is 27.4 Å². The van der Waals surface area contributed by atoms with Crippen LogP contribution in [0.4, 0.5) is 5.69 Å². The summed E-state index contributed by atoms with van der Waals surface area (Å²) in [6.07, 6.45) is 0. The minimum absolute atomic E-state index is 0.221. The Morgan fingerprint density at radius 2 is 1.78 bits per heavy atom. The van der Waals surface area contributed by atoms with E-state index in [2.05, 4.69) is 5.32 Å². The maximum atomic E-state index is 13.0. The van der Waals surface area contributed by atoms with E-state index in [0.29, 0.717) is 27.7 Å². The quantitative estimate of drug-likeness (QED) is 0.466. The number of benzene rings is 3. The van der Waals surface area contributed by atoms with Crippen molar-refractivity contribution in [2.24, 2.45) is 0 Å². The SMILES string of the molecule is COc1ccc2c(Cl)cc3oc(C)c(C(=O)Nc4ccc(C)cc4)c3c2c1. The zero-order valence-electron chi connectivity index (χ0n) is 15.2. The van der Waals surface area contributed by atoms with Gasteiger partial charge < -0.3 is 14.5 Å². The Hall–Kier alpha value is -2.98. The predicted octanol–water partition coefficient (Wildman–Crippen LogP) is 6.12. The van der Waals surface area contributed by atoms with Crippen LogP contribution in [0.15, 0.2) is 52.9 Å². The van der Waals surface area contributed by atoms with Gasteiger partial charge in [0.2, 0.25) is 0 Å². The van der Waals surface area contributed by atoms with Crippen LogP contribution in [-0.2, 0) is 0 Å². The summed E-state index contributed by atoms with van der Waals surface area (Å²) in [6.45, 7) is 3.78. The topological polar surface area (TPSA) is 51.5 Å². The lowest BCUT2D eigenvalue weighted by molar-refractivity contribution is 0.102. The molecular weight excluding hydrogens is 362 g/mol. The molecule has 4 aromatic rings. The largest absolute Gasteiger partial charge is 0.497 e. The summed E-state index contributed by atoms with van der Waals surface area (Å²) in [4.78, 5) is 13.0. The van der Waals surface area contributed by atoms with Crippen LogP contribution in [0.2, 0.25) is 5.02 Å². The van der Waals surface area contributed by atoms with E-state index in [1.54, 1.807) is 20.1 Å². The van der Waals surface area contributed by atoms with Crippen LogP contribution in [0.3, 0.4) is 0 Å². The third kappa shape index (κ3) is 3.02. The zero-order valence-corrected chi connectivity index (χ0v) is 16.0. The van der Waals surface area contributed by atoms with Gasteiger partial charge in [-0.15, -0.1) is 0 Å². The number of fused-ring (bicyclic) bond motifs is 3. The number of hydrogen-bond acceptors (Lipinski definition) is 3. The summed E-state index contributed by atoms with van der Waals surface area (Å²) in [5.41, 5.74) is 2.94. The van der Waals surface area contributed by atoms with E-state index < -0.39 is 0 Å². The Morgan fingerprint density at radius 3 is 2.48 bits per heavy atom. The number of furan rings is 1. The van der Waals surface area contributed by atoms with E-state index >= 15 is 0 Å². The number of hydrogen-bond donors (Lipinski definition) is 1. The number of ether oxygens (including phenoxy) is 1. The number of carbonyl (C=O) groups excluding carboxylic acids is 1. The molecule has 1 amide bonds. The summed E-state index contributed by atoms with van der Waals surface area (Å²) in [5.74, 6) is 1.01. The van der Waals surface area contributed by atoms with Gasteiger partial charge in [-0.3, -0.25) is 4.79 Å². The maximum Gasteiger partial charge on any atom is 0.259 e. The Balaban J connectivity index is 1.91. The van der Waals surface area contributed by atoms with Crippen molar-refractivity contribution in [3.8, 4) is 5.75 Å². The molecule has 1 N–H and O–H groups in total. The molecule has 0 aliphatic carbocycles.